The normalized spacial score (nSPS) is 10.3. The summed E-state index contributed by atoms with van der Waals surface area (Å²) < 4.78 is 5.71. The average Bonchev–Trinajstić information content (AvgIpc) is 2.68. The second-order valence-electron chi connectivity index (χ2n) is 6.53. The molecule has 0 aliphatic heterocycles. The summed E-state index contributed by atoms with van der Waals surface area (Å²) in [7, 11) is 3.80. The van der Waals surface area contributed by atoms with Crippen molar-refractivity contribution in [3.05, 3.63) is 82.9 Å². The van der Waals surface area contributed by atoms with E-state index in [9.17, 15) is 9.59 Å². The molecule has 0 aliphatic carbocycles. The number of ether oxygens (including phenoxy) is 1. The van der Waals surface area contributed by atoms with Gasteiger partial charge in [0.25, 0.3) is 5.91 Å². The van der Waals surface area contributed by atoms with Crippen LogP contribution in [-0.4, -0.2) is 25.9 Å². The van der Waals surface area contributed by atoms with Crippen LogP contribution in [0.15, 0.2) is 66.7 Å². The number of nitrogens with two attached hydrogens (primary N) is 1. The highest BCUT2D eigenvalue weighted by Crippen LogP contribution is 2.28. The molecule has 0 unspecified atom stereocenters. The predicted molar refractivity (Wildman–Crippen MR) is 115 cm³/mol. The molecular weight excluding hydrogens is 390 g/mol. The molecule has 3 aromatic rings. The van der Waals surface area contributed by atoms with Crippen LogP contribution in [0.2, 0.25) is 5.02 Å². The molecule has 0 heterocycles. The van der Waals surface area contributed by atoms with Crippen LogP contribution in [0.3, 0.4) is 0 Å². The Morgan fingerprint density at radius 1 is 0.897 bits per heavy atom. The summed E-state index contributed by atoms with van der Waals surface area (Å²) in [5, 5.41) is 3.38. The van der Waals surface area contributed by atoms with Gasteiger partial charge < -0.3 is 20.7 Å². The highest BCUT2D eigenvalue weighted by atomic mass is 35.5. The van der Waals surface area contributed by atoms with Crippen molar-refractivity contribution in [3.63, 3.8) is 0 Å². The highest BCUT2D eigenvalue weighted by Gasteiger charge is 2.09. The molecule has 0 atom stereocenters. The van der Waals surface area contributed by atoms with Crippen molar-refractivity contribution >= 4 is 34.8 Å². The molecule has 0 saturated carbocycles. The van der Waals surface area contributed by atoms with E-state index >= 15 is 0 Å². The van der Waals surface area contributed by atoms with E-state index in [2.05, 4.69) is 5.32 Å². The maximum Gasteiger partial charge on any atom is 0.255 e. The minimum absolute atomic E-state index is 0.254. The topological polar surface area (TPSA) is 84.7 Å². The van der Waals surface area contributed by atoms with Gasteiger partial charge in [0.15, 0.2) is 0 Å². The van der Waals surface area contributed by atoms with Crippen LogP contribution < -0.4 is 20.7 Å². The SMILES string of the molecule is CN(C)c1ccc(NC(=O)c2ccc(Oc3ccc(C(N)=O)cc3)cc2)cc1Cl. The first-order valence-corrected chi connectivity index (χ1v) is 9.17. The average molecular weight is 410 g/mol. The summed E-state index contributed by atoms with van der Waals surface area (Å²) in [5.41, 5.74) is 7.59. The number of rotatable bonds is 6. The van der Waals surface area contributed by atoms with E-state index in [1.165, 1.54) is 0 Å². The molecule has 0 fully saturated rings. The molecule has 0 radical (unpaired) electrons. The molecular formula is C22H20ClN3O3. The predicted octanol–water partition coefficient (Wildman–Crippen LogP) is 4.55. The lowest BCUT2D eigenvalue weighted by Crippen LogP contribution is -2.13. The fraction of sp³-hybridized carbons (Fsp3) is 0.0909. The van der Waals surface area contributed by atoms with Gasteiger partial charge in [-0.1, -0.05) is 11.6 Å². The Morgan fingerprint density at radius 2 is 1.45 bits per heavy atom. The summed E-state index contributed by atoms with van der Waals surface area (Å²) in [6.45, 7) is 0. The van der Waals surface area contributed by atoms with E-state index in [-0.39, 0.29) is 5.91 Å². The zero-order valence-electron chi connectivity index (χ0n) is 16.0. The zero-order chi connectivity index (χ0) is 21.0. The maximum absolute atomic E-state index is 12.5. The van der Waals surface area contributed by atoms with Crippen LogP contribution in [0, 0.1) is 0 Å². The Labute approximate surface area is 173 Å². The van der Waals surface area contributed by atoms with E-state index in [1.807, 2.05) is 25.1 Å². The third-order valence-corrected chi connectivity index (χ3v) is 4.48. The van der Waals surface area contributed by atoms with E-state index < -0.39 is 5.91 Å². The summed E-state index contributed by atoms with van der Waals surface area (Å²) in [4.78, 5) is 25.5. The standard InChI is InChI=1S/C22H20ClN3O3/c1-26(2)20-12-7-16(13-19(20)23)25-22(28)15-5-10-18(11-6-15)29-17-8-3-14(4-9-17)21(24)27/h3-13H,1-2H3,(H2,24,27)(H,25,28). The molecule has 29 heavy (non-hydrogen) atoms. The number of carbonyl (C=O) groups excluding carboxylic acids is 2. The quantitative estimate of drug-likeness (QED) is 0.625. The second kappa shape index (κ2) is 8.67. The Bertz CT molecular complexity index is 1030. The Kier molecular flexibility index (Phi) is 6.04. The van der Waals surface area contributed by atoms with Crippen LogP contribution in [0.25, 0.3) is 0 Å². The van der Waals surface area contributed by atoms with Gasteiger partial charge in [-0.25, -0.2) is 0 Å². The third kappa shape index (κ3) is 5.06. The third-order valence-electron chi connectivity index (χ3n) is 4.18. The van der Waals surface area contributed by atoms with Crippen LogP contribution >= 0.6 is 11.6 Å². The van der Waals surface area contributed by atoms with Gasteiger partial charge in [0.2, 0.25) is 5.91 Å². The van der Waals surface area contributed by atoms with Crippen LogP contribution in [0.4, 0.5) is 11.4 Å². The van der Waals surface area contributed by atoms with Gasteiger partial charge in [-0.15, -0.1) is 0 Å². The van der Waals surface area contributed by atoms with Crippen molar-refractivity contribution in [2.24, 2.45) is 5.73 Å². The maximum atomic E-state index is 12.5. The fourth-order valence-corrected chi connectivity index (χ4v) is 3.00. The summed E-state index contributed by atoms with van der Waals surface area (Å²) in [6, 6.07) is 18.6. The number of carbonyl (C=O) groups is 2. The van der Waals surface area contributed by atoms with Crippen LogP contribution in [0.1, 0.15) is 20.7 Å². The van der Waals surface area contributed by atoms with Gasteiger partial charge in [-0.2, -0.15) is 0 Å². The summed E-state index contributed by atoms with van der Waals surface area (Å²) >= 11 is 6.24. The molecule has 0 aromatic heterocycles. The van der Waals surface area contributed by atoms with Crippen LogP contribution in [0.5, 0.6) is 11.5 Å². The summed E-state index contributed by atoms with van der Waals surface area (Å²) in [5.74, 6) is 0.371. The van der Waals surface area contributed by atoms with E-state index in [1.54, 1.807) is 60.7 Å². The highest BCUT2D eigenvalue weighted by molar-refractivity contribution is 6.33. The van der Waals surface area contributed by atoms with Crippen molar-refractivity contribution < 1.29 is 14.3 Å². The van der Waals surface area contributed by atoms with Crippen molar-refractivity contribution in [1.29, 1.82) is 0 Å². The smallest absolute Gasteiger partial charge is 0.255 e. The first-order valence-electron chi connectivity index (χ1n) is 8.79. The molecule has 0 saturated heterocycles. The van der Waals surface area contributed by atoms with Crippen molar-refractivity contribution in [2.45, 2.75) is 0 Å². The Morgan fingerprint density at radius 3 is 1.93 bits per heavy atom. The second-order valence-corrected chi connectivity index (χ2v) is 6.94. The minimum atomic E-state index is -0.496. The number of nitrogens with zero attached hydrogens (tertiary/aromatic N) is 1. The molecule has 3 rings (SSSR count). The van der Waals surface area contributed by atoms with Crippen molar-refractivity contribution in [3.8, 4) is 11.5 Å². The van der Waals surface area contributed by atoms with Gasteiger partial charge in [0, 0.05) is 30.9 Å². The number of hydrogen-bond donors (Lipinski definition) is 2. The number of amides is 2. The van der Waals surface area contributed by atoms with Gasteiger partial charge in [-0.05, 0) is 66.7 Å². The lowest BCUT2D eigenvalue weighted by molar-refractivity contribution is 0.0997. The number of primary amides is 1. The molecule has 2 amide bonds. The van der Waals surface area contributed by atoms with E-state index in [0.717, 1.165) is 5.69 Å². The number of benzene rings is 3. The fourth-order valence-electron chi connectivity index (χ4n) is 2.65. The van der Waals surface area contributed by atoms with Gasteiger partial charge in [0.1, 0.15) is 11.5 Å². The first-order chi connectivity index (χ1) is 13.8. The van der Waals surface area contributed by atoms with Gasteiger partial charge in [0.05, 0.1) is 10.7 Å². The summed E-state index contributed by atoms with van der Waals surface area (Å²) in [6.07, 6.45) is 0. The molecule has 6 nitrogen and oxygen atoms in total. The Hall–Kier alpha value is -3.51. The number of nitrogens with one attached hydrogen (secondary N) is 1. The molecule has 0 spiro atoms. The molecule has 7 heteroatoms. The van der Waals surface area contributed by atoms with Crippen LogP contribution in [-0.2, 0) is 0 Å². The molecule has 3 N–H and O–H groups in total. The molecule has 148 valence electrons. The number of halogens is 1. The van der Waals surface area contributed by atoms with Gasteiger partial charge in [-0.3, -0.25) is 9.59 Å². The van der Waals surface area contributed by atoms with Crippen molar-refractivity contribution in [1.82, 2.24) is 0 Å². The zero-order valence-corrected chi connectivity index (χ0v) is 16.7. The lowest BCUT2D eigenvalue weighted by atomic mass is 10.2. The molecule has 0 bridgehead atoms. The van der Waals surface area contributed by atoms with Crippen molar-refractivity contribution in [2.75, 3.05) is 24.3 Å². The minimum Gasteiger partial charge on any atom is -0.457 e. The Balaban J connectivity index is 1.65. The number of hydrogen-bond acceptors (Lipinski definition) is 4. The lowest BCUT2D eigenvalue weighted by Gasteiger charge is -2.15. The molecule has 3 aromatic carbocycles. The van der Waals surface area contributed by atoms with E-state index in [0.29, 0.717) is 33.3 Å². The largest absolute Gasteiger partial charge is 0.457 e. The number of anilines is 2. The van der Waals surface area contributed by atoms with E-state index in [4.69, 9.17) is 22.1 Å². The monoisotopic (exact) mass is 409 g/mol. The van der Waals surface area contributed by atoms with Gasteiger partial charge >= 0.3 is 0 Å². The molecule has 0 aliphatic rings. The first kappa shape index (κ1) is 20.2.